The zero-order chi connectivity index (χ0) is 9.38. The van der Waals surface area contributed by atoms with E-state index >= 15 is 0 Å². The Kier molecular flexibility index (Phi) is 1.86. The highest BCUT2D eigenvalue weighted by Gasteiger charge is 2.27. The Morgan fingerprint density at radius 2 is 2.14 bits per heavy atom. The van der Waals surface area contributed by atoms with Crippen LogP contribution in [0.1, 0.15) is 19.3 Å². The zero-order valence-corrected chi connectivity index (χ0v) is 8.37. The van der Waals surface area contributed by atoms with Crippen molar-refractivity contribution in [3.63, 3.8) is 0 Å². The van der Waals surface area contributed by atoms with Crippen molar-refractivity contribution in [1.82, 2.24) is 0 Å². The lowest BCUT2D eigenvalue weighted by Gasteiger charge is -2.25. The fraction of sp³-hybridized carbons (Fsp3) is 0.500. The Morgan fingerprint density at radius 1 is 1.21 bits per heavy atom. The average Bonchev–Trinajstić information content (AvgIpc) is 2.61. The fourth-order valence-corrected chi connectivity index (χ4v) is 2.70. The summed E-state index contributed by atoms with van der Waals surface area (Å²) in [6, 6.07) is 9.47. The lowest BCUT2D eigenvalue weighted by Crippen LogP contribution is -2.28. The highest BCUT2D eigenvalue weighted by atomic mass is 15.2. The van der Waals surface area contributed by atoms with Gasteiger partial charge in [-0.25, -0.2) is 0 Å². The molecular weight excluding hydrogens is 172 g/mol. The van der Waals surface area contributed by atoms with Gasteiger partial charge in [0.15, 0.2) is 0 Å². The maximum atomic E-state index is 3.51. The van der Waals surface area contributed by atoms with E-state index in [1.165, 1.54) is 37.2 Å². The second kappa shape index (κ2) is 3.19. The third-order valence-corrected chi connectivity index (χ3v) is 3.38. The highest BCUT2D eigenvalue weighted by molar-refractivity contribution is 5.71. The summed E-state index contributed by atoms with van der Waals surface area (Å²) >= 11 is 0. The molecule has 0 aliphatic carbocycles. The maximum absolute atomic E-state index is 3.51. The van der Waals surface area contributed by atoms with Crippen LogP contribution in [0.4, 0.5) is 11.4 Å². The summed E-state index contributed by atoms with van der Waals surface area (Å²) in [4.78, 5) is 2.58. The van der Waals surface area contributed by atoms with Gasteiger partial charge in [-0.15, -0.1) is 0 Å². The molecule has 1 unspecified atom stereocenters. The molecule has 2 aliphatic rings. The molecule has 0 amide bonds. The first kappa shape index (κ1) is 8.16. The molecule has 1 aromatic rings. The summed E-state index contributed by atoms with van der Waals surface area (Å²) in [5.41, 5.74) is 2.73. The van der Waals surface area contributed by atoms with Crippen LogP contribution in [0.2, 0.25) is 0 Å². The Bertz CT molecular complexity index is 335. The normalized spacial score (nSPS) is 24.9. The maximum Gasteiger partial charge on any atom is 0.0604 e. The Hall–Kier alpha value is -1.18. The van der Waals surface area contributed by atoms with Gasteiger partial charge in [-0.05, 0) is 31.4 Å². The van der Waals surface area contributed by atoms with Crippen LogP contribution in [-0.4, -0.2) is 19.1 Å². The molecule has 2 nitrogen and oxygen atoms in total. The van der Waals surface area contributed by atoms with Crippen molar-refractivity contribution in [3.05, 3.63) is 24.3 Å². The van der Waals surface area contributed by atoms with Gasteiger partial charge >= 0.3 is 0 Å². The van der Waals surface area contributed by atoms with Crippen molar-refractivity contribution >= 4 is 11.4 Å². The van der Waals surface area contributed by atoms with Gasteiger partial charge in [-0.3, -0.25) is 0 Å². The van der Waals surface area contributed by atoms with Gasteiger partial charge in [-0.1, -0.05) is 12.1 Å². The smallest absolute Gasteiger partial charge is 0.0604 e. The summed E-state index contributed by atoms with van der Waals surface area (Å²) in [5.74, 6) is 0. The average molecular weight is 188 g/mol. The first-order chi connectivity index (χ1) is 6.95. The summed E-state index contributed by atoms with van der Waals surface area (Å²) in [5, 5.41) is 3.51. The number of para-hydroxylation sites is 2. The highest BCUT2D eigenvalue weighted by Crippen LogP contribution is 2.35. The van der Waals surface area contributed by atoms with Crippen molar-refractivity contribution in [2.45, 2.75) is 25.3 Å². The molecule has 1 aromatic carbocycles. The third kappa shape index (κ3) is 1.17. The molecule has 0 bridgehead atoms. The van der Waals surface area contributed by atoms with Gasteiger partial charge < -0.3 is 10.2 Å². The Balaban J connectivity index is 2.04. The zero-order valence-electron chi connectivity index (χ0n) is 8.37. The van der Waals surface area contributed by atoms with E-state index < -0.39 is 0 Å². The Morgan fingerprint density at radius 3 is 3.14 bits per heavy atom. The predicted octanol–water partition coefficient (Wildman–Crippen LogP) is 2.47. The van der Waals surface area contributed by atoms with E-state index in [0.717, 1.165) is 12.6 Å². The number of hydrogen-bond donors (Lipinski definition) is 1. The van der Waals surface area contributed by atoms with Crippen molar-refractivity contribution in [2.24, 2.45) is 0 Å². The number of hydrogen-bond acceptors (Lipinski definition) is 2. The molecule has 3 rings (SSSR count). The molecule has 1 atom stereocenters. The van der Waals surface area contributed by atoms with Gasteiger partial charge in [0, 0.05) is 19.1 Å². The standard InChI is InChI=1S/C12H16N2/c1-2-6-12-11(5-1)13-8-7-10-4-3-9-14(10)12/h1-2,5-6,10,13H,3-4,7-9H2. The van der Waals surface area contributed by atoms with Crippen LogP contribution >= 0.6 is 0 Å². The van der Waals surface area contributed by atoms with E-state index in [9.17, 15) is 0 Å². The number of nitrogens with one attached hydrogen (secondary N) is 1. The molecule has 14 heavy (non-hydrogen) atoms. The van der Waals surface area contributed by atoms with Gasteiger partial charge in [0.05, 0.1) is 11.4 Å². The van der Waals surface area contributed by atoms with Crippen molar-refractivity contribution in [3.8, 4) is 0 Å². The molecule has 2 aliphatic heterocycles. The molecule has 0 aromatic heterocycles. The van der Waals surface area contributed by atoms with E-state index in [2.05, 4.69) is 34.5 Å². The van der Waals surface area contributed by atoms with Crippen LogP contribution in [0.15, 0.2) is 24.3 Å². The predicted molar refractivity (Wildman–Crippen MR) is 59.9 cm³/mol. The first-order valence-electron chi connectivity index (χ1n) is 5.55. The lowest BCUT2D eigenvalue weighted by atomic mass is 10.1. The third-order valence-electron chi connectivity index (χ3n) is 3.38. The van der Waals surface area contributed by atoms with Crippen LogP contribution < -0.4 is 10.2 Å². The molecule has 0 spiro atoms. The topological polar surface area (TPSA) is 15.3 Å². The molecule has 1 saturated heterocycles. The second-order valence-electron chi connectivity index (χ2n) is 4.22. The number of fused-ring (bicyclic) bond motifs is 3. The summed E-state index contributed by atoms with van der Waals surface area (Å²) < 4.78 is 0. The molecule has 0 saturated carbocycles. The quantitative estimate of drug-likeness (QED) is 0.673. The number of benzene rings is 1. The van der Waals surface area contributed by atoms with Gasteiger partial charge in [0.25, 0.3) is 0 Å². The minimum Gasteiger partial charge on any atom is -0.383 e. The number of rotatable bonds is 0. The summed E-state index contributed by atoms with van der Waals surface area (Å²) in [6.07, 6.45) is 4.02. The molecule has 1 N–H and O–H groups in total. The molecule has 2 heteroatoms. The van der Waals surface area contributed by atoms with Gasteiger partial charge in [0.2, 0.25) is 0 Å². The minimum atomic E-state index is 0.783. The lowest BCUT2D eigenvalue weighted by molar-refractivity contribution is 0.638. The van der Waals surface area contributed by atoms with Crippen LogP contribution in [-0.2, 0) is 0 Å². The fourth-order valence-electron chi connectivity index (χ4n) is 2.70. The Labute approximate surface area is 84.9 Å². The summed E-state index contributed by atoms with van der Waals surface area (Å²) in [6.45, 7) is 2.36. The second-order valence-corrected chi connectivity index (χ2v) is 4.22. The van der Waals surface area contributed by atoms with Gasteiger partial charge in [0.1, 0.15) is 0 Å². The minimum absolute atomic E-state index is 0.783. The summed E-state index contributed by atoms with van der Waals surface area (Å²) in [7, 11) is 0. The van der Waals surface area contributed by atoms with Gasteiger partial charge in [-0.2, -0.15) is 0 Å². The molecule has 0 radical (unpaired) electrons. The first-order valence-corrected chi connectivity index (χ1v) is 5.55. The van der Waals surface area contributed by atoms with Crippen LogP contribution in [0, 0.1) is 0 Å². The van der Waals surface area contributed by atoms with Crippen molar-refractivity contribution < 1.29 is 0 Å². The monoisotopic (exact) mass is 188 g/mol. The van der Waals surface area contributed by atoms with Crippen LogP contribution in [0.3, 0.4) is 0 Å². The molecular formula is C12H16N2. The molecule has 2 heterocycles. The molecule has 74 valence electrons. The van der Waals surface area contributed by atoms with E-state index in [1.54, 1.807) is 0 Å². The van der Waals surface area contributed by atoms with Crippen LogP contribution in [0.5, 0.6) is 0 Å². The van der Waals surface area contributed by atoms with E-state index in [-0.39, 0.29) is 0 Å². The SMILES string of the molecule is c1ccc2c(c1)NCCC1CCCN21. The van der Waals surface area contributed by atoms with Crippen molar-refractivity contribution in [1.29, 1.82) is 0 Å². The van der Waals surface area contributed by atoms with E-state index in [4.69, 9.17) is 0 Å². The van der Waals surface area contributed by atoms with E-state index in [0.29, 0.717) is 0 Å². The number of anilines is 2. The largest absolute Gasteiger partial charge is 0.383 e. The van der Waals surface area contributed by atoms with E-state index in [1.807, 2.05) is 0 Å². The van der Waals surface area contributed by atoms with Crippen LogP contribution in [0.25, 0.3) is 0 Å². The molecule has 1 fully saturated rings. The number of nitrogens with zero attached hydrogens (tertiary/aromatic N) is 1. The van der Waals surface area contributed by atoms with Crippen molar-refractivity contribution in [2.75, 3.05) is 23.3 Å².